The first-order valence-corrected chi connectivity index (χ1v) is 8.81. The first-order chi connectivity index (χ1) is 11.8. The number of para-hydroxylation sites is 1. The SMILES string of the molecule is NCCC(C(=O)Oc1ccccc1)c1ccc(-c2ccsc2)cc1. The Bertz CT molecular complexity index is 767. The van der Waals surface area contributed by atoms with Gasteiger partial charge in [-0.1, -0.05) is 42.5 Å². The van der Waals surface area contributed by atoms with Gasteiger partial charge >= 0.3 is 5.97 Å². The van der Waals surface area contributed by atoms with Gasteiger partial charge in [0.2, 0.25) is 0 Å². The molecule has 0 saturated heterocycles. The third-order valence-electron chi connectivity index (χ3n) is 3.87. The number of carbonyl (C=O) groups is 1. The maximum atomic E-state index is 12.5. The minimum Gasteiger partial charge on any atom is -0.426 e. The van der Waals surface area contributed by atoms with Crippen molar-refractivity contribution in [2.45, 2.75) is 12.3 Å². The van der Waals surface area contributed by atoms with Crippen LogP contribution in [0, 0.1) is 0 Å². The van der Waals surface area contributed by atoms with Crippen molar-refractivity contribution in [2.24, 2.45) is 5.73 Å². The van der Waals surface area contributed by atoms with E-state index >= 15 is 0 Å². The number of benzene rings is 2. The van der Waals surface area contributed by atoms with Crippen LogP contribution in [-0.2, 0) is 4.79 Å². The molecule has 0 radical (unpaired) electrons. The van der Waals surface area contributed by atoms with Gasteiger partial charge in [-0.15, -0.1) is 0 Å². The predicted octanol–water partition coefficient (Wildman–Crippen LogP) is 4.45. The van der Waals surface area contributed by atoms with E-state index in [0.717, 1.165) is 11.1 Å². The second-order valence-electron chi connectivity index (χ2n) is 5.50. The summed E-state index contributed by atoms with van der Waals surface area (Å²) in [6.07, 6.45) is 0.559. The lowest BCUT2D eigenvalue weighted by Gasteiger charge is -2.16. The summed E-state index contributed by atoms with van der Waals surface area (Å²) in [6, 6.07) is 19.3. The van der Waals surface area contributed by atoms with E-state index in [9.17, 15) is 4.79 Å². The Morgan fingerprint density at radius 1 is 1.00 bits per heavy atom. The minimum atomic E-state index is -0.355. The summed E-state index contributed by atoms with van der Waals surface area (Å²) < 4.78 is 5.49. The fourth-order valence-electron chi connectivity index (χ4n) is 2.60. The largest absolute Gasteiger partial charge is 0.426 e. The monoisotopic (exact) mass is 337 g/mol. The Kier molecular flexibility index (Phi) is 5.41. The van der Waals surface area contributed by atoms with E-state index < -0.39 is 0 Å². The lowest BCUT2D eigenvalue weighted by atomic mass is 9.94. The Labute approximate surface area is 145 Å². The molecule has 1 heterocycles. The van der Waals surface area contributed by atoms with Gasteiger partial charge in [0.05, 0.1) is 5.92 Å². The molecule has 1 atom stereocenters. The van der Waals surface area contributed by atoms with Gasteiger partial charge in [0.15, 0.2) is 0 Å². The molecular weight excluding hydrogens is 318 g/mol. The molecule has 122 valence electrons. The van der Waals surface area contributed by atoms with Crippen LogP contribution in [0.1, 0.15) is 17.9 Å². The first-order valence-electron chi connectivity index (χ1n) is 7.87. The van der Waals surface area contributed by atoms with Crippen LogP contribution in [0.25, 0.3) is 11.1 Å². The van der Waals surface area contributed by atoms with Crippen LogP contribution in [0.5, 0.6) is 5.75 Å². The second kappa shape index (κ2) is 7.90. The number of hydrogen-bond donors (Lipinski definition) is 1. The normalized spacial score (nSPS) is 11.9. The molecule has 0 aliphatic heterocycles. The van der Waals surface area contributed by atoms with E-state index in [1.165, 1.54) is 5.56 Å². The molecule has 3 nitrogen and oxygen atoms in total. The Morgan fingerprint density at radius 3 is 2.38 bits per heavy atom. The number of rotatable bonds is 6. The summed E-state index contributed by atoms with van der Waals surface area (Å²) in [4.78, 5) is 12.5. The zero-order valence-electron chi connectivity index (χ0n) is 13.2. The average molecular weight is 337 g/mol. The fraction of sp³-hybridized carbons (Fsp3) is 0.150. The number of hydrogen-bond acceptors (Lipinski definition) is 4. The number of esters is 1. The highest BCUT2D eigenvalue weighted by atomic mass is 32.1. The van der Waals surface area contributed by atoms with Crippen molar-refractivity contribution in [2.75, 3.05) is 6.54 Å². The third kappa shape index (κ3) is 3.91. The highest BCUT2D eigenvalue weighted by Gasteiger charge is 2.22. The fourth-order valence-corrected chi connectivity index (χ4v) is 3.26. The van der Waals surface area contributed by atoms with Crippen molar-refractivity contribution >= 4 is 17.3 Å². The smallest absolute Gasteiger partial charge is 0.318 e. The molecule has 24 heavy (non-hydrogen) atoms. The number of ether oxygens (including phenoxy) is 1. The van der Waals surface area contributed by atoms with E-state index in [1.807, 2.05) is 42.5 Å². The molecule has 0 spiro atoms. The third-order valence-corrected chi connectivity index (χ3v) is 4.55. The molecule has 3 rings (SSSR count). The van der Waals surface area contributed by atoms with Crippen LogP contribution in [-0.4, -0.2) is 12.5 Å². The van der Waals surface area contributed by atoms with Gasteiger partial charge in [0.25, 0.3) is 0 Å². The lowest BCUT2D eigenvalue weighted by Crippen LogP contribution is -2.21. The van der Waals surface area contributed by atoms with Gasteiger partial charge in [0, 0.05) is 0 Å². The van der Waals surface area contributed by atoms with Crippen molar-refractivity contribution in [1.82, 2.24) is 0 Å². The van der Waals surface area contributed by atoms with Crippen molar-refractivity contribution in [3.8, 4) is 16.9 Å². The van der Waals surface area contributed by atoms with Crippen molar-refractivity contribution in [3.63, 3.8) is 0 Å². The zero-order valence-corrected chi connectivity index (χ0v) is 14.0. The summed E-state index contributed by atoms with van der Waals surface area (Å²) in [5, 5.41) is 4.16. The first kappa shape index (κ1) is 16.4. The summed E-state index contributed by atoms with van der Waals surface area (Å²) in [6.45, 7) is 0.431. The van der Waals surface area contributed by atoms with Crippen LogP contribution in [0.15, 0.2) is 71.4 Å². The Hall–Kier alpha value is -2.43. The summed E-state index contributed by atoms with van der Waals surface area (Å²) in [7, 11) is 0. The van der Waals surface area contributed by atoms with Gasteiger partial charge in [-0.25, -0.2) is 0 Å². The molecule has 0 amide bonds. The molecule has 0 aliphatic carbocycles. The molecule has 0 fully saturated rings. The number of nitrogens with two attached hydrogens (primary N) is 1. The van der Waals surface area contributed by atoms with Crippen molar-refractivity contribution in [3.05, 3.63) is 77.0 Å². The molecule has 1 aromatic heterocycles. The molecule has 3 aromatic rings. The van der Waals surface area contributed by atoms with Crippen molar-refractivity contribution < 1.29 is 9.53 Å². The Morgan fingerprint density at radius 2 is 1.75 bits per heavy atom. The topological polar surface area (TPSA) is 52.3 Å². The van der Waals surface area contributed by atoms with Gasteiger partial charge in [0.1, 0.15) is 5.75 Å². The zero-order chi connectivity index (χ0) is 16.8. The maximum absolute atomic E-state index is 12.5. The van der Waals surface area contributed by atoms with Gasteiger partial charge < -0.3 is 10.5 Å². The van der Waals surface area contributed by atoms with Crippen LogP contribution < -0.4 is 10.5 Å². The summed E-state index contributed by atoms with van der Waals surface area (Å²) in [5.74, 6) is -0.0684. The van der Waals surface area contributed by atoms with E-state index in [1.54, 1.807) is 23.5 Å². The van der Waals surface area contributed by atoms with Crippen LogP contribution in [0.3, 0.4) is 0 Å². The molecular formula is C20H19NO2S. The van der Waals surface area contributed by atoms with E-state index in [2.05, 4.69) is 16.8 Å². The number of thiophene rings is 1. The molecule has 0 saturated carbocycles. The van der Waals surface area contributed by atoms with Crippen LogP contribution in [0.2, 0.25) is 0 Å². The van der Waals surface area contributed by atoms with E-state index in [4.69, 9.17) is 10.5 Å². The molecule has 2 N–H and O–H groups in total. The standard InChI is InChI=1S/C20H19NO2S/c21-12-10-19(20(22)23-18-4-2-1-3-5-18)16-8-6-15(7-9-16)17-11-13-24-14-17/h1-9,11,13-14,19H,10,12,21H2. The predicted molar refractivity (Wildman–Crippen MR) is 98.2 cm³/mol. The second-order valence-corrected chi connectivity index (χ2v) is 6.28. The van der Waals surface area contributed by atoms with E-state index in [-0.39, 0.29) is 11.9 Å². The van der Waals surface area contributed by atoms with Crippen molar-refractivity contribution in [1.29, 1.82) is 0 Å². The lowest BCUT2D eigenvalue weighted by molar-refractivity contribution is -0.136. The minimum absolute atomic E-state index is 0.269. The van der Waals surface area contributed by atoms with Gasteiger partial charge in [-0.3, -0.25) is 4.79 Å². The summed E-state index contributed by atoms with van der Waals surface area (Å²) in [5.41, 5.74) is 8.96. The summed E-state index contributed by atoms with van der Waals surface area (Å²) >= 11 is 1.67. The number of carbonyl (C=O) groups excluding carboxylic acids is 1. The molecule has 1 unspecified atom stereocenters. The molecule has 4 heteroatoms. The quantitative estimate of drug-likeness (QED) is 0.534. The average Bonchev–Trinajstić information content (AvgIpc) is 3.15. The van der Waals surface area contributed by atoms with Crippen LogP contribution >= 0.6 is 11.3 Å². The molecule has 2 aromatic carbocycles. The molecule has 0 aliphatic rings. The van der Waals surface area contributed by atoms with Crippen LogP contribution in [0.4, 0.5) is 0 Å². The highest BCUT2D eigenvalue weighted by Crippen LogP contribution is 2.27. The Balaban J connectivity index is 1.78. The van der Waals surface area contributed by atoms with Gasteiger partial charge in [-0.05, 0) is 58.6 Å². The van der Waals surface area contributed by atoms with Gasteiger partial charge in [-0.2, -0.15) is 11.3 Å². The highest BCUT2D eigenvalue weighted by molar-refractivity contribution is 7.08. The van der Waals surface area contributed by atoms with E-state index in [0.29, 0.717) is 18.7 Å². The maximum Gasteiger partial charge on any atom is 0.318 e. The molecule has 0 bridgehead atoms.